The topological polar surface area (TPSA) is 39.7 Å². The van der Waals surface area contributed by atoms with Gasteiger partial charge in [-0.25, -0.2) is 4.98 Å². The van der Waals surface area contributed by atoms with E-state index in [0.29, 0.717) is 5.02 Å². The summed E-state index contributed by atoms with van der Waals surface area (Å²) in [6.07, 6.45) is 1.68. The van der Waals surface area contributed by atoms with Crippen LogP contribution in [0.5, 0.6) is 0 Å². The van der Waals surface area contributed by atoms with Crippen LogP contribution < -0.4 is 4.90 Å². The first-order valence-corrected chi connectivity index (χ1v) is 9.96. The Hall–Kier alpha value is -2.11. The van der Waals surface area contributed by atoms with Crippen LogP contribution in [-0.2, 0) is 4.79 Å². The number of piperazine rings is 1. The van der Waals surface area contributed by atoms with Crippen LogP contribution >= 0.6 is 11.6 Å². The van der Waals surface area contributed by atoms with Gasteiger partial charge in [0.25, 0.3) is 0 Å². The summed E-state index contributed by atoms with van der Waals surface area (Å²) in [4.78, 5) is 24.1. The predicted octanol–water partition coefficient (Wildman–Crippen LogP) is 3.47. The van der Waals surface area contributed by atoms with Crippen LogP contribution in [-0.4, -0.2) is 60.0 Å². The third kappa shape index (κ3) is 4.60. The van der Waals surface area contributed by atoms with Gasteiger partial charge < -0.3 is 9.80 Å². The van der Waals surface area contributed by atoms with Gasteiger partial charge in [-0.1, -0.05) is 41.9 Å². The zero-order valence-electron chi connectivity index (χ0n) is 16.0. The largest absolute Gasteiger partial charge is 0.354 e. The van der Waals surface area contributed by atoms with Crippen molar-refractivity contribution < 1.29 is 4.79 Å². The molecule has 1 amide bonds. The molecule has 0 radical (unpaired) electrons. The maximum Gasteiger partial charge on any atom is 0.244 e. The van der Waals surface area contributed by atoms with Crippen molar-refractivity contribution in [3.05, 3.63) is 59.2 Å². The highest BCUT2D eigenvalue weighted by Gasteiger charge is 2.32. The lowest BCUT2D eigenvalue weighted by molar-refractivity contribution is -0.137. The monoisotopic (exact) mass is 386 g/mol. The SMILES string of the molecule is CCN(CC)C(=O)C(c1ccccc1)N1CCN(c2ccc(Cl)cn2)CC1. The molecular formula is C21H27ClN4O. The minimum absolute atomic E-state index is 0.185. The summed E-state index contributed by atoms with van der Waals surface area (Å²) in [5, 5.41) is 0.645. The second kappa shape index (κ2) is 9.20. The molecule has 0 bridgehead atoms. The van der Waals surface area contributed by atoms with E-state index in [1.54, 1.807) is 6.20 Å². The van der Waals surface area contributed by atoms with Gasteiger partial charge in [0.2, 0.25) is 5.91 Å². The number of hydrogen-bond donors (Lipinski definition) is 0. The van der Waals surface area contributed by atoms with Gasteiger partial charge in [0.05, 0.1) is 5.02 Å². The number of anilines is 1. The van der Waals surface area contributed by atoms with Crippen LogP contribution in [0.25, 0.3) is 0 Å². The molecule has 1 aromatic heterocycles. The van der Waals surface area contributed by atoms with Gasteiger partial charge in [-0.15, -0.1) is 0 Å². The Morgan fingerprint density at radius 3 is 2.30 bits per heavy atom. The Morgan fingerprint density at radius 1 is 1.07 bits per heavy atom. The standard InChI is InChI=1S/C21H27ClN4O/c1-3-24(4-2)21(27)20(17-8-6-5-7-9-17)26-14-12-25(13-15-26)19-11-10-18(22)16-23-19/h5-11,16,20H,3-4,12-15H2,1-2H3. The first-order valence-electron chi connectivity index (χ1n) is 9.58. The highest BCUT2D eigenvalue weighted by molar-refractivity contribution is 6.30. The van der Waals surface area contributed by atoms with Gasteiger partial charge in [0.15, 0.2) is 0 Å². The summed E-state index contributed by atoms with van der Waals surface area (Å²) in [6.45, 7) is 8.84. The number of benzene rings is 1. The molecule has 2 aromatic rings. The van der Waals surface area contributed by atoms with Crippen molar-refractivity contribution in [2.75, 3.05) is 44.2 Å². The lowest BCUT2D eigenvalue weighted by atomic mass is 10.0. The number of halogens is 1. The quantitative estimate of drug-likeness (QED) is 0.762. The van der Waals surface area contributed by atoms with Crippen molar-refractivity contribution in [2.45, 2.75) is 19.9 Å². The highest BCUT2D eigenvalue weighted by atomic mass is 35.5. The molecule has 0 spiro atoms. The van der Waals surface area contributed by atoms with E-state index in [1.165, 1.54) is 0 Å². The summed E-state index contributed by atoms with van der Waals surface area (Å²) < 4.78 is 0. The second-order valence-corrected chi connectivity index (χ2v) is 7.12. The molecule has 0 saturated carbocycles. The molecule has 1 aromatic carbocycles. The third-order valence-corrected chi connectivity index (χ3v) is 5.36. The summed E-state index contributed by atoms with van der Waals surface area (Å²) in [5.74, 6) is 1.12. The fraction of sp³-hybridized carbons (Fsp3) is 0.429. The van der Waals surface area contributed by atoms with Crippen molar-refractivity contribution in [3.8, 4) is 0 Å². The van der Waals surface area contributed by atoms with Gasteiger partial charge in [-0.2, -0.15) is 0 Å². The van der Waals surface area contributed by atoms with Gasteiger partial charge >= 0.3 is 0 Å². The Bertz CT molecular complexity index is 726. The smallest absolute Gasteiger partial charge is 0.244 e. The molecule has 6 heteroatoms. The minimum atomic E-state index is -0.230. The van der Waals surface area contributed by atoms with Crippen LogP contribution in [0.3, 0.4) is 0 Å². The Kier molecular flexibility index (Phi) is 6.69. The molecule has 1 aliphatic rings. The van der Waals surface area contributed by atoms with Gasteiger partial charge in [-0.05, 0) is 31.5 Å². The average molecular weight is 387 g/mol. The molecule has 1 unspecified atom stereocenters. The number of amides is 1. The van der Waals surface area contributed by atoms with Crippen molar-refractivity contribution in [1.29, 1.82) is 0 Å². The molecule has 0 N–H and O–H groups in total. The Labute approximate surface area is 166 Å². The summed E-state index contributed by atoms with van der Waals surface area (Å²) >= 11 is 5.94. The van der Waals surface area contributed by atoms with E-state index < -0.39 is 0 Å². The fourth-order valence-corrected chi connectivity index (χ4v) is 3.73. The number of aromatic nitrogens is 1. The van der Waals surface area contributed by atoms with Crippen LogP contribution in [0.2, 0.25) is 5.02 Å². The first kappa shape index (κ1) is 19.6. The van der Waals surface area contributed by atoms with Crippen LogP contribution in [0.1, 0.15) is 25.5 Å². The van der Waals surface area contributed by atoms with Crippen molar-refractivity contribution in [3.63, 3.8) is 0 Å². The maximum absolute atomic E-state index is 13.2. The molecule has 5 nitrogen and oxygen atoms in total. The molecule has 1 aliphatic heterocycles. The average Bonchev–Trinajstić information content (AvgIpc) is 2.71. The van der Waals surface area contributed by atoms with Gasteiger partial charge in [0, 0.05) is 45.5 Å². The fourth-order valence-electron chi connectivity index (χ4n) is 3.62. The lowest BCUT2D eigenvalue weighted by Gasteiger charge is -2.40. The molecule has 0 aliphatic carbocycles. The Balaban J connectivity index is 1.76. The van der Waals surface area contributed by atoms with E-state index in [-0.39, 0.29) is 11.9 Å². The number of rotatable bonds is 6. The normalized spacial score (nSPS) is 16.2. The molecule has 1 atom stereocenters. The van der Waals surface area contributed by atoms with Crippen molar-refractivity contribution in [1.82, 2.24) is 14.8 Å². The number of hydrogen-bond acceptors (Lipinski definition) is 4. The minimum Gasteiger partial charge on any atom is -0.354 e. The first-order chi connectivity index (χ1) is 13.1. The van der Waals surface area contributed by atoms with Crippen molar-refractivity contribution in [2.24, 2.45) is 0 Å². The zero-order valence-corrected chi connectivity index (χ0v) is 16.8. The zero-order chi connectivity index (χ0) is 19.2. The van der Waals surface area contributed by atoms with E-state index in [9.17, 15) is 4.79 Å². The summed E-state index contributed by atoms with van der Waals surface area (Å²) in [5.41, 5.74) is 1.06. The number of carbonyl (C=O) groups is 1. The molecule has 144 valence electrons. The molecule has 1 fully saturated rings. The predicted molar refractivity (Wildman–Crippen MR) is 110 cm³/mol. The second-order valence-electron chi connectivity index (χ2n) is 6.68. The van der Waals surface area contributed by atoms with E-state index >= 15 is 0 Å². The van der Waals surface area contributed by atoms with Crippen LogP contribution in [0, 0.1) is 0 Å². The van der Waals surface area contributed by atoms with E-state index in [0.717, 1.165) is 50.6 Å². The number of pyridine rings is 1. The van der Waals surface area contributed by atoms with Crippen LogP contribution in [0.15, 0.2) is 48.7 Å². The molecule has 27 heavy (non-hydrogen) atoms. The van der Waals surface area contributed by atoms with E-state index in [2.05, 4.69) is 26.9 Å². The van der Waals surface area contributed by atoms with Gasteiger partial charge in [-0.3, -0.25) is 9.69 Å². The summed E-state index contributed by atoms with van der Waals surface area (Å²) in [7, 11) is 0. The number of nitrogens with zero attached hydrogens (tertiary/aromatic N) is 4. The van der Waals surface area contributed by atoms with Gasteiger partial charge in [0.1, 0.15) is 11.9 Å². The molecule has 2 heterocycles. The summed E-state index contributed by atoms with van der Waals surface area (Å²) in [6, 6.07) is 13.7. The molecule has 1 saturated heterocycles. The molecular weight excluding hydrogens is 360 g/mol. The van der Waals surface area contributed by atoms with E-state index in [4.69, 9.17) is 11.6 Å². The molecule has 3 rings (SSSR count). The maximum atomic E-state index is 13.2. The highest BCUT2D eigenvalue weighted by Crippen LogP contribution is 2.26. The third-order valence-electron chi connectivity index (χ3n) is 5.14. The lowest BCUT2D eigenvalue weighted by Crippen LogP contribution is -2.51. The number of likely N-dealkylation sites (N-methyl/N-ethyl adjacent to an activating group) is 1. The van der Waals surface area contributed by atoms with E-state index in [1.807, 2.05) is 49.1 Å². The van der Waals surface area contributed by atoms with Crippen molar-refractivity contribution >= 4 is 23.3 Å². The van der Waals surface area contributed by atoms with Crippen LogP contribution in [0.4, 0.5) is 5.82 Å². The Morgan fingerprint density at radius 2 is 1.74 bits per heavy atom. The number of carbonyl (C=O) groups excluding carboxylic acids is 1.